The number of aryl methyl sites for hydroxylation is 1. The van der Waals surface area contributed by atoms with E-state index in [1.165, 1.54) is 19.1 Å². The van der Waals surface area contributed by atoms with E-state index in [2.05, 4.69) is 4.72 Å². The van der Waals surface area contributed by atoms with E-state index in [0.717, 1.165) is 5.56 Å². The minimum atomic E-state index is -3.86. The molecule has 1 amide bonds. The summed E-state index contributed by atoms with van der Waals surface area (Å²) in [6.07, 6.45) is -0.178. The number of nitrogens with one attached hydrogen (secondary N) is 1. The Kier molecular flexibility index (Phi) is 6.96. The van der Waals surface area contributed by atoms with Crippen molar-refractivity contribution in [1.29, 1.82) is 0 Å². The van der Waals surface area contributed by atoms with Gasteiger partial charge >= 0.3 is 5.97 Å². The number of ether oxygens (including phenoxy) is 2. The molecule has 0 radical (unpaired) electrons. The summed E-state index contributed by atoms with van der Waals surface area (Å²) in [5.74, 6) is -1.15. The largest absolute Gasteiger partial charge is 0.454 e. The zero-order valence-electron chi connectivity index (χ0n) is 16.0. The lowest BCUT2D eigenvalue weighted by molar-refractivity contribution is -0.157. The number of benzene rings is 1. The molecule has 1 aromatic carbocycles. The fraction of sp³-hybridized carbons (Fsp3) is 0.556. The normalized spacial score (nSPS) is 21.6. The number of hydrogen-bond donors (Lipinski definition) is 1. The second kappa shape index (κ2) is 8.81. The summed E-state index contributed by atoms with van der Waals surface area (Å²) < 4.78 is 37.4. The van der Waals surface area contributed by atoms with Crippen LogP contribution in [0.4, 0.5) is 0 Å². The Morgan fingerprint density at radius 3 is 2.33 bits per heavy atom. The van der Waals surface area contributed by atoms with Crippen molar-refractivity contribution in [2.45, 2.75) is 50.8 Å². The first-order valence-electron chi connectivity index (χ1n) is 8.77. The number of morpholine rings is 1. The molecule has 1 saturated heterocycles. The maximum atomic E-state index is 12.3. The van der Waals surface area contributed by atoms with Crippen LogP contribution in [-0.2, 0) is 29.1 Å². The van der Waals surface area contributed by atoms with Gasteiger partial charge in [-0.1, -0.05) is 17.7 Å². The Morgan fingerprint density at radius 1 is 1.22 bits per heavy atom. The number of nitrogens with zero attached hydrogens (tertiary/aromatic N) is 1. The molecular weight excluding hydrogens is 372 g/mol. The molecule has 0 aliphatic carbocycles. The maximum absolute atomic E-state index is 12.3. The van der Waals surface area contributed by atoms with Gasteiger partial charge in [0.25, 0.3) is 5.91 Å². The third-order valence-electron chi connectivity index (χ3n) is 4.13. The Hall–Kier alpha value is -1.97. The number of hydrogen-bond acceptors (Lipinski definition) is 6. The number of carbonyl (C=O) groups excluding carboxylic acids is 2. The highest BCUT2D eigenvalue weighted by Crippen LogP contribution is 2.12. The van der Waals surface area contributed by atoms with E-state index in [0.29, 0.717) is 13.1 Å². The average molecular weight is 398 g/mol. The zero-order valence-corrected chi connectivity index (χ0v) is 16.8. The first-order valence-corrected chi connectivity index (χ1v) is 10.3. The fourth-order valence-corrected chi connectivity index (χ4v) is 3.99. The van der Waals surface area contributed by atoms with Gasteiger partial charge in [0.1, 0.15) is 6.04 Å². The Labute approximate surface area is 159 Å². The van der Waals surface area contributed by atoms with Gasteiger partial charge in [0.2, 0.25) is 10.0 Å². The number of esters is 1. The number of carbonyl (C=O) groups is 2. The van der Waals surface area contributed by atoms with Crippen LogP contribution in [-0.4, -0.2) is 63.1 Å². The monoisotopic (exact) mass is 398 g/mol. The molecule has 1 N–H and O–H groups in total. The highest BCUT2D eigenvalue weighted by molar-refractivity contribution is 7.89. The van der Waals surface area contributed by atoms with Crippen molar-refractivity contribution in [2.24, 2.45) is 0 Å². The van der Waals surface area contributed by atoms with Gasteiger partial charge in [0.05, 0.1) is 17.1 Å². The molecule has 0 aromatic heterocycles. The summed E-state index contributed by atoms with van der Waals surface area (Å²) in [7, 11) is -3.86. The van der Waals surface area contributed by atoms with Gasteiger partial charge < -0.3 is 14.4 Å². The minimum Gasteiger partial charge on any atom is -0.454 e. The SMILES string of the molecule is Cc1ccc(S(=O)(=O)N[C@@H](C)C(=O)OCC(=O)N2CC(C)OC(C)C2)cc1. The molecule has 3 atom stereocenters. The second-order valence-electron chi connectivity index (χ2n) is 6.82. The number of sulfonamides is 1. The van der Waals surface area contributed by atoms with E-state index in [1.54, 1.807) is 17.0 Å². The van der Waals surface area contributed by atoms with Crippen molar-refractivity contribution in [3.8, 4) is 0 Å². The Balaban J connectivity index is 1.88. The molecule has 1 aromatic rings. The number of rotatable bonds is 6. The van der Waals surface area contributed by atoms with Crippen molar-refractivity contribution in [3.63, 3.8) is 0 Å². The molecule has 0 bridgehead atoms. The van der Waals surface area contributed by atoms with E-state index in [1.807, 2.05) is 20.8 Å². The van der Waals surface area contributed by atoms with Gasteiger partial charge in [-0.2, -0.15) is 4.72 Å². The van der Waals surface area contributed by atoms with Crippen LogP contribution >= 0.6 is 0 Å². The fourth-order valence-electron chi connectivity index (χ4n) is 2.80. The van der Waals surface area contributed by atoms with Crippen LogP contribution in [0.1, 0.15) is 26.3 Å². The van der Waals surface area contributed by atoms with E-state index in [-0.39, 0.29) is 23.0 Å². The molecule has 1 heterocycles. The molecule has 0 saturated carbocycles. The van der Waals surface area contributed by atoms with Gasteiger partial charge in [-0.3, -0.25) is 9.59 Å². The van der Waals surface area contributed by atoms with E-state index in [9.17, 15) is 18.0 Å². The summed E-state index contributed by atoms with van der Waals surface area (Å²) in [4.78, 5) is 25.9. The smallest absolute Gasteiger partial charge is 0.324 e. The molecule has 1 aliphatic heterocycles. The Bertz CT molecular complexity index is 768. The predicted octanol–water partition coefficient (Wildman–Crippen LogP) is 0.841. The third kappa shape index (κ3) is 6.02. The molecule has 9 heteroatoms. The molecule has 1 fully saturated rings. The summed E-state index contributed by atoms with van der Waals surface area (Å²) in [6.45, 7) is 7.36. The summed E-state index contributed by atoms with van der Waals surface area (Å²) in [5.41, 5.74) is 0.923. The van der Waals surface area contributed by atoms with Crippen molar-refractivity contribution < 1.29 is 27.5 Å². The summed E-state index contributed by atoms with van der Waals surface area (Å²) >= 11 is 0. The predicted molar refractivity (Wildman–Crippen MR) is 98.5 cm³/mol. The van der Waals surface area contributed by atoms with Crippen LogP contribution in [0.2, 0.25) is 0 Å². The summed E-state index contributed by atoms with van der Waals surface area (Å²) in [5, 5.41) is 0. The lowest BCUT2D eigenvalue weighted by atomic mass is 10.2. The van der Waals surface area contributed by atoms with Crippen molar-refractivity contribution in [2.75, 3.05) is 19.7 Å². The van der Waals surface area contributed by atoms with Crippen LogP contribution in [0.3, 0.4) is 0 Å². The standard InChI is InChI=1S/C18H26N2O6S/c1-12-5-7-16(8-6-12)27(23,24)19-15(4)18(22)25-11-17(21)20-9-13(2)26-14(3)10-20/h5-8,13-15,19H,9-11H2,1-4H3/t13?,14?,15-/m0/s1. The average Bonchev–Trinajstić information content (AvgIpc) is 2.58. The van der Waals surface area contributed by atoms with Crippen LogP contribution in [0.25, 0.3) is 0 Å². The third-order valence-corrected chi connectivity index (χ3v) is 5.68. The quantitative estimate of drug-likeness (QED) is 0.713. The highest BCUT2D eigenvalue weighted by Gasteiger charge is 2.28. The van der Waals surface area contributed by atoms with E-state index >= 15 is 0 Å². The molecular formula is C18H26N2O6S. The second-order valence-corrected chi connectivity index (χ2v) is 8.53. The van der Waals surface area contributed by atoms with Crippen LogP contribution < -0.4 is 4.72 Å². The van der Waals surface area contributed by atoms with E-state index < -0.39 is 28.6 Å². The first kappa shape index (κ1) is 21.3. The topological polar surface area (TPSA) is 102 Å². The lowest BCUT2D eigenvalue weighted by Crippen LogP contribution is -2.50. The molecule has 2 rings (SSSR count). The van der Waals surface area contributed by atoms with Gasteiger partial charge in [-0.15, -0.1) is 0 Å². The van der Waals surface area contributed by atoms with Crippen molar-refractivity contribution >= 4 is 21.9 Å². The van der Waals surface area contributed by atoms with Crippen LogP contribution in [0, 0.1) is 6.92 Å². The van der Waals surface area contributed by atoms with Gasteiger partial charge in [-0.25, -0.2) is 8.42 Å². The van der Waals surface area contributed by atoms with Gasteiger partial charge in [0, 0.05) is 13.1 Å². The Morgan fingerprint density at radius 2 is 1.78 bits per heavy atom. The van der Waals surface area contributed by atoms with Crippen LogP contribution in [0.15, 0.2) is 29.2 Å². The molecule has 1 aliphatic rings. The molecule has 150 valence electrons. The molecule has 2 unspecified atom stereocenters. The van der Waals surface area contributed by atoms with Gasteiger partial charge in [0.15, 0.2) is 6.61 Å². The lowest BCUT2D eigenvalue weighted by Gasteiger charge is -2.35. The minimum absolute atomic E-state index is 0.0557. The maximum Gasteiger partial charge on any atom is 0.324 e. The van der Waals surface area contributed by atoms with Gasteiger partial charge in [-0.05, 0) is 39.8 Å². The highest BCUT2D eigenvalue weighted by atomic mass is 32.2. The first-order chi connectivity index (χ1) is 12.6. The zero-order chi connectivity index (χ0) is 20.2. The van der Waals surface area contributed by atoms with Crippen molar-refractivity contribution in [1.82, 2.24) is 9.62 Å². The van der Waals surface area contributed by atoms with E-state index in [4.69, 9.17) is 9.47 Å². The van der Waals surface area contributed by atoms with Crippen LogP contribution in [0.5, 0.6) is 0 Å². The molecule has 8 nitrogen and oxygen atoms in total. The van der Waals surface area contributed by atoms with Crippen molar-refractivity contribution in [3.05, 3.63) is 29.8 Å². The molecule has 27 heavy (non-hydrogen) atoms. The number of amides is 1. The summed E-state index contributed by atoms with van der Waals surface area (Å²) in [6, 6.07) is 5.13. The molecule has 0 spiro atoms.